The highest BCUT2D eigenvalue weighted by molar-refractivity contribution is 7.14. The van der Waals surface area contributed by atoms with Crippen LogP contribution in [-0.2, 0) is 9.59 Å². The van der Waals surface area contributed by atoms with Gasteiger partial charge >= 0.3 is 5.97 Å². The van der Waals surface area contributed by atoms with Gasteiger partial charge in [0.25, 0.3) is 0 Å². The van der Waals surface area contributed by atoms with E-state index in [0.29, 0.717) is 5.13 Å². The fraction of sp³-hybridized carbons (Fsp3) is 0.421. The number of carbonyl (C=O) groups excluding carboxylic acids is 1. The van der Waals surface area contributed by atoms with E-state index in [1.54, 1.807) is 0 Å². The summed E-state index contributed by atoms with van der Waals surface area (Å²) in [4.78, 5) is 30.2. The van der Waals surface area contributed by atoms with Gasteiger partial charge in [-0.15, -0.1) is 11.3 Å². The molecule has 1 amide bonds. The number of hydrogen-bond donors (Lipinski definition) is 2. The van der Waals surface area contributed by atoms with Crippen molar-refractivity contribution >= 4 is 28.3 Å². The lowest BCUT2D eigenvalue weighted by Gasteiger charge is -2.31. The summed E-state index contributed by atoms with van der Waals surface area (Å²) >= 11 is 1.34. The summed E-state index contributed by atoms with van der Waals surface area (Å²) in [5.41, 5.74) is 2.97. The number of piperidine rings is 1. The number of likely N-dealkylation sites (tertiary alicyclic amines) is 1. The van der Waals surface area contributed by atoms with Crippen LogP contribution in [0.15, 0.2) is 29.6 Å². The molecule has 2 heterocycles. The van der Waals surface area contributed by atoms with E-state index >= 15 is 0 Å². The van der Waals surface area contributed by atoms with Gasteiger partial charge in [0.15, 0.2) is 5.13 Å². The number of aliphatic carboxylic acids is 1. The molecule has 138 valence electrons. The summed E-state index contributed by atoms with van der Waals surface area (Å²) < 4.78 is 0. The fourth-order valence-electron chi connectivity index (χ4n) is 3.14. The van der Waals surface area contributed by atoms with Crippen molar-refractivity contribution in [2.75, 3.05) is 18.4 Å². The summed E-state index contributed by atoms with van der Waals surface area (Å²) in [6, 6.07) is 7.25. The summed E-state index contributed by atoms with van der Waals surface area (Å²) in [6.45, 7) is 3.50. The second kappa shape index (κ2) is 8.42. The Morgan fingerprint density at radius 2 is 1.92 bits per heavy atom. The summed E-state index contributed by atoms with van der Waals surface area (Å²) in [5.74, 6) is -1.26. The largest absolute Gasteiger partial charge is 0.480 e. The zero-order chi connectivity index (χ0) is 18.5. The van der Waals surface area contributed by atoms with E-state index in [-0.39, 0.29) is 12.3 Å². The topological polar surface area (TPSA) is 82.5 Å². The predicted octanol–water partition coefficient (Wildman–Crippen LogP) is 3.39. The number of nitrogens with one attached hydrogen (secondary N) is 1. The van der Waals surface area contributed by atoms with E-state index < -0.39 is 12.0 Å². The van der Waals surface area contributed by atoms with Crippen LogP contribution in [0.5, 0.6) is 0 Å². The zero-order valence-corrected chi connectivity index (χ0v) is 15.6. The minimum atomic E-state index is -0.943. The minimum absolute atomic E-state index is 0.0607. The van der Waals surface area contributed by atoms with Crippen molar-refractivity contribution in [2.45, 2.75) is 38.6 Å². The molecule has 1 aromatic carbocycles. The van der Waals surface area contributed by atoms with Crippen LogP contribution in [0.25, 0.3) is 11.3 Å². The average molecular weight is 373 g/mol. The first-order valence-corrected chi connectivity index (χ1v) is 9.70. The standard InChI is InChI=1S/C19H23N3O3S/c1-13-5-7-14(8-6-13)15-12-26-19(20-15)21-17(23)11-16(18(24)25)22-9-3-2-4-10-22/h5-8,12,16H,2-4,9-11H2,1H3,(H,24,25)(H,20,21,23). The van der Waals surface area contributed by atoms with Crippen LogP contribution in [0, 0.1) is 6.92 Å². The smallest absolute Gasteiger partial charge is 0.321 e. The van der Waals surface area contributed by atoms with Crippen LogP contribution < -0.4 is 5.32 Å². The molecule has 1 atom stereocenters. The molecular formula is C19H23N3O3S. The highest BCUT2D eigenvalue weighted by Gasteiger charge is 2.29. The summed E-state index contributed by atoms with van der Waals surface area (Å²) in [6.07, 6.45) is 3.03. The van der Waals surface area contributed by atoms with Gasteiger partial charge in [-0.1, -0.05) is 36.2 Å². The maximum atomic E-state index is 12.3. The Morgan fingerprint density at radius 1 is 1.23 bits per heavy atom. The molecule has 1 aliphatic rings. The van der Waals surface area contributed by atoms with Gasteiger partial charge in [0.2, 0.25) is 5.91 Å². The van der Waals surface area contributed by atoms with Crippen molar-refractivity contribution in [1.82, 2.24) is 9.88 Å². The number of amides is 1. The Kier molecular flexibility index (Phi) is 6.00. The van der Waals surface area contributed by atoms with Crippen LogP contribution in [0.4, 0.5) is 5.13 Å². The molecule has 26 heavy (non-hydrogen) atoms. The van der Waals surface area contributed by atoms with Gasteiger partial charge < -0.3 is 10.4 Å². The molecular weight excluding hydrogens is 350 g/mol. The highest BCUT2D eigenvalue weighted by atomic mass is 32.1. The Morgan fingerprint density at radius 3 is 2.58 bits per heavy atom. The molecule has 1 aliphatic heterocycles. The van der Waals surface area contributed by atoms with Crippen molar-refractivity contribution in [3.8, 4) is 11.3 Å². The third-order valence-corrected chi connectivity index (χ3v) is 5.35. The SMILES string of the molecule is Cc1ccc(-c2csc(NC(=O)CC(C(=O)O)N3CCCCC3)n2)cc1. The Hall–Kier alpha value is -2.25. The second-order valence-electron chi connectivity index (χ2n) is 6.61. The molecule has 0 aliphatic carbocycles. The lowest BCUT2D eigenvalue weighted by Crippen LogP contribution is -2.45. The second-order valence-corrected chi connectivity index (χ2v) is 7.46. The highest BCUT2D eigenvalue weighted by Crippen LogP contribution is 2.25. The number of benzene rings is 1. The zero-order valence-electron chi connectivity index (χ0n) is 14.8. The molecule has 2 N–H and O–H groups in total. The number of rotatable bonds is 6. The first-order valence-electron chi connectivity index (χ1n) is 8.82. The molecule has 3 rings (SSSR count). The third-order valence-electron chi connectivity index (χ3n) is 4.59. The van der Waals surface area contributed by atoms with Crippen molar-refractivity contribution in [2.24, 2.45) is 0 Å². The van der Waals surface area contributed by atoms with Crippen LogP contribution in [0.1, 0.15) is 31.2 Å². The molecule has 6 nitrogen and oxygen atoms in total. The maximum Gasteiger partial charge on any atom is 0.321 e. The van der Waals surface area contributed by atoms with Gasteiger partial charge in [-0.05, 0) is 32.9 Å². The molecule has 1 aromatic heterocycles. The van der Waals surface area contributed by atoms with Gasteiger partial charge in [-0.2, -0.15) is 0 Å². The molecule has 0 bridgehead atoms. The van der Waals surface area contributed by atoms with E-state index in [2.05, 4.69) is 10.3 Å². The maximum absolute atomic E-state index is 12.3. The lowest BCUT2D eigenvalue weighted by molar-refractivity contribution is -0.145. The normalized spacial score (nSPS) is 16.2. The lowest BCUT2D eigenvalue weighted by atomic mass is 10.1. The van der Waals surface area contributed by atoms with E-state index in [1.807, 2.05) is 41.5 Å². The van der Waals surface area contributed by atoms with Crippen molar-refractivity contribution < 1.29 is 14.7 Å². The molecule has 1 saturated heterocycles. The van der Waals surface area contributed by atoms with Crippen molar-refractivity contribution in [3.05, 3.63) is 35.2 Å². The van der Waals surface area contributed by atoms with Crippen LogP contribution in [-0.4, -0.2) is 46.0 Å². The van der Waals surface area contributed by atoms with Gasteiger partial charge in [0, 0.05) is 10.9 Å². The van der Waals surface area contributed by atoms with E-state index in [4.69, 9.17) is 0 Å². The van der Waals surface area contributed by atoms with E-state index in [0.717, 1.165) is 43.6 Å². The van der Waals surface area contributed by atoms with Gasteiger partial charge in [0.05, 0.1) is 12.1 Å². The molecule has 0 saturated carbocycles. The molecule has 0 spiro atoms. The number of hydrogen-bond acceptors (Lipinski definition) is 5. The predicted molar refractivity (Wildman–Crippen MR) is 102 cm³/mol. The number of aryl methyl sites for hydroxylation is 1. The Labute approximate surface area is 156 Å². The number of carbonyl (C=O) groups is 2. The Bertz CT molecular complexity index is 767. The molecule has 1 fully saturated rings. The first-order chi connectivity index (χ1) is 12.5. The van der Waals surface area contributed by atoms with Crippen LogP contribution in [0.2, 0.25) is 0 Å². The van der Waals surface area contributed by atoms with Crippen molar-refractivity contribution in [3.63, 3.8) is 0 Å². The number of carboxylic acid groups (broad SMARTS) is 1. The third kappa shape index (κ3) is 4.68. The first kappa shape index (κ1) is 18.5. The van der Waals surface area contributed by atoms with Crippen molar-refractivity contribution in [1.29, 1.82) is 0 Å². The monoisotopic (exact) mass is 373 g/mol. The van der Waals surface area contributed by atoms with Crippen LogP contribution in [0.3, 0.4) is 0 Å². The number of aromatic nitrogens is 1. The van der Waals surface area contributed by atoms with E-state index in [1.165, 1.54) is 16.9 Å². The summed E-state index contributed by atoms with van der Waals surface area (Å²) in [5, 5.41) is 14.6. The average Bonchev–Trinajstić information content (AvgIpc) is 3.09. The molecule has 0 radical (unpaired) electrons. The quantitative estimate of drug-likeness (QED) is 0.811. The molecule has 2 aromatic rings. The molecule has 1 unspecified atom stereocenters. The van der Waals surface area contributed by atoms with Crippen LogP contribution >= 0.6 is 11.3 Å². The van der Waals surface area contributed by atoms with E-state index in [9.17, 15) is 14.7 Å². The van der Waals surface area contributed by atoms with Gasteiger partial charge in [-0.3, -0.25) is 14.5 Å². The number of anilines is 1. The number of nitrogens with zero attached hydrogens (tertiary/aromatic N) is 2. The minimum Gasteiger partial charge on any atom is -0.480 e. The summed E-state index contributed by atoms with van der Waals surface area (Å²) in [7, 11) is 0. The van der Waals surface area contributed by atoms with Gasteiger partial charge in [0.1, 0.15) is 6.04 Å². The Balaban J connectivity index is 1.62. The fourth-order valence-corrected chi connectivity index (χ4v) is 3.87. The molecule has 7 heteroatoms. The van der Waals surface area contributed by atoms with Gasteiger partial charge in [-0.25, -0.2) is 4.98 Å². The number of carboxylic acids is 1. The number of thiazole rings is 1.